The van der Waals surface area contributed by atoms with Crippen molar-refractivity contribution >= 4 is 23.0 Å². The number of aromatic nitrogens is 1. The molecule has 8 heteroatoms. The van der Waals surface area contributed by atoms with Crippen LogP contribution in [-0.2, 0) is 6.54 Å². The minimum atomic E-state index is -0.420. The van der Waals surface area contributed by atoms with Gasteiger partial charge in [-0.05, 0) is 19.1 Å². The Morgan fingerprint density at radius 2 is 2.04 bits per heavy atom. The van der Waals surface area contributed by atoms with Gasteiger partial charge < -0.3 is 15.1 Å². The summed E-state index contributed by atoms with van der Waals surface area (Å²) in [4.78, 5) is 13.7. The molecule has 134 valence electrons. The normalized spacial score (nSPS) is 15.6. The molecule has 1 aromatic heterocycles. The lowest BCUT2D eigenvalue weighted by Gasteiger charge is -2.37. The molecule has 1 aliphatic heterocycles. The Morgan fingerprint density at radius 1 is 1.28 bits per heavy atom. The van der Waals surface area contributed by atoms with Crippen molar-refractivity contribution in [3.8, 4) is 0 Å². The predicted molar refractivity (Wildman–Crippen MR) is 97.2 cm³/mol. The summed E-state index contributed by atoms with van der Waals surface area (Å²) in [5.74, 6) is -0.000466. The van der Waals surface area contributed by atoms with Gasteiger partial charge in [-0.2, -0.15) is 0 Å². The molecule has 0 atom stereocenters. The number of aliphatic imine (C=N–C) groups is 1. The van der Waals surface area contributed by atoms with Gasteiger partial charge in [0.15, 0.2) is 5.96 Å². The Morgan fingerprint density at radius 3 is 2.68 bits per heavy atom. The lowest BCUT2D eigenvalue weighted by molar-refractivity contribution is 0.370. The number of benzene rings is 1. The first-order valence-electron chi connectivity index (χ1n) is 8.13. The van der Waals surface area contributed by atoms with E-state index in [0.717, 1.165) is 21.9 Å². The average Bonchev–Trinajstić information content (AvgIpc) is 3.03. The number of nitrogens with zero attached hydrogens (tertiary/aromatic N) is 4. The van der Waals surface area contributed by atoms with Gasteiger partial charge in [0.25, 0.3) is 0 Å². The third-order valence-corrected chi connectivity index (χ3v) is 5.04. The van der Waals surface area contributed by atoms with Gasteiger partial charge >= 0.3 is 0 Å². The van der Waals surface area contributed by atoms with E-state index in [9.17, 15) is 8.78 Å². The summed E-state index contributed by atoms with van der Waals surface area (Å²) in [6, 6.07) is 3.57. The largest absolute Gasteiger partial charge is 0.366 e. The topological polar surface area (TPSA) is 43.8 Å². The highest BCUT2D eigenvalue weighted by Gasteiger charge is 2.22. The molecular weight excluding hydrogens is 344 g/mol. The molecule has 3 rings (SSSR count). The maximum Gasteiger partial charge on any atom is 0.194 e. The number of hydrogen-bond donors (Lipinski definition) is 1. The molecule has 0 saturated carbocycles. The number of hydrogen-bond acceptors (Lipinski definition) is 4. The van der Waals surface area contributed by atoms with Crippen LogP contribution in [-0.4, -0.2) is 49.1 Å². The molecule has 0 spiro atoms. The molecule has 0 radical (unpaired) electrons. The summed E-state index contributed by atoms with van der Waals surface area (Å²) in [7, 11) is 1.75. The van der Waals surface area contributed by atoms with E-state index in [-0.39, 0.29) is 0 Å². The maximum absolute atomic E-state index is 13.9. The van der Waals surface area contributed by atoms with Crippen LogP contribution in [0.3, 0.4) is 0 Å². The molecule has 2 aromatic rings. The predicted octanol–water partition coefficient (Wildman–Crippen LogP) is 2.63. The van der Waals surface area contributed by atoms with Crippen molar-refractivity contribution in [1.29, 1.82) is 0 Å². The molecule has 0 amide bonds. The van der Waals surface area contributed by atoms with E-state index in [0.29, 0.717) is 38.4 Å². The van der Waals surface area contributed by atoms with E-state index >= 15 is 0 Å². The lowest BCUT2D eigenvalue weighted by atomic mass is 10.2. The second kappa shape index (κ2) is 7.77. The lowest BCUT2D eigenvalue weighted by Crippen LogP contribution is -2.52. The number of halogens is 2. The molecular formula is C17H21F2N5S. The fraction of sp³-hybridized carbons (Fsp3) is 0.412. The Kier molecular flexibility index (Phi) is 5.47. The number of anilines is 1. The van der Waals surface area contributed by atoms with Crippen LogP contribution in [0.2, 0.25) is 0 Å². The summed E-state index contributed by atoms with van der Waals surface area (Å²) < 4.78 is 27.3. The molecule has 1 fully saturated rings. The molecule has 2 heterocycles. The second-order valence-corrected chi connectivity index (χ2v) is 7.14. The molecule has 1 aliphatic rings. The van der Waals surface area contributed by atoms with E-state index in [2.05, 4.69) is 20.2 Å². The van der Waals surface area contributed by atoms with Gasteiger partial charge in [0.1, 0.15) is 11.6 Å². The number of piperazine rings is 1. The molecule has 0 bridgehead atoms. The first-order valence-corrected chi connectivity index (χ1v) is 8.95. The van der Waals surface area contributed by atoms with Gasteiger partial charge in [-0.15, -0.1) is 11.3 Å². The highest BCUT2D eigenvalue weighted by Crippen LogP contribution is 2.22. The second-order valence-electron chi connectivity index (χ2n) is 5.82. The van der Waals surface area contributed by atoms with Crippen LogP contribution in [0.25, 0.3) is 0 Å². The van der Waals surface area contributed by atoms with Gasteiger partial charge in [0.05, 0.1) is 17.2 Å². The number of rotatable bonds is 3. The summed E-state index contributed by atoms with van der Waals surface area (Å²) in [5, 5.41) is 4.38. The number of guanidine groups is 1. The van der Waals surface area contributed by atoms with Gasteiger partial charge in [0, 0.05) is 50.4 Å². The zero-order valence-corrected chi connectivity index (χ0v) is 15.1. The van der Waals surface area contributed by atoms with Crippen LogP contribution in [0.15, 0.2) is 29.4 Å². The third-order valence-electron chi connectivity index (χ3n) is 4.13. The Bertz CT molecular complexity index is 753. The van der Waals surface area contributed by atoms with Crippen molar-refractivity contribution in [3.05, 3.63) is 45.9 Å². The van der Waals surface area contributed by atoms with Crippen molar-refractivity contribution in [3.63, 3.8) is 0 Å². The Labute approximate surface area is 150 Å². The van der Waals surface area contributed by atoms with Gasteiger partial charge in [-0.25, -0.2) is 13.8 Å². The highest BCUT2D eigenvalue weighted by atomic mass is 32.1. The minimum Gasteiger partial charge on any atom is -0.366 e. The van der Waals surface area contributed by atoms with Crippen LogP contribution < -0.4 is 10.2 Å². The van der Waals surface area contributed by atoms with Crippen molar-refractivity contribution in [1.82, 2.24) is 15.2 Å². The standard InChI is InChI=1S/C17H21F2N5S/c1-12-21-10-14(25-12)11-22-17(20-2)24-7-5-23(6-8-24)16-9-13(18)3-4-15(16)19/h3-4,9-10H,5-8,11H2,1-2H3,(H,20,22). The van der Waals surface area contributed by atoms with Crippen molar-refractivity contribution < 1.29 is 8.78 Å². The van der Waals surface area contributed by atoms with Crippen molar-refractivity contribution in [2.45, 2.75) is 13.5 Å². The molecule has 1 N–H and O–H groups in total. The zero-order valence-electron chi connectivity index (χ0n) is 14.3. The van der Waals surface area contributed by atoms with Gasteiger partial charge in [0.2, 0.25) is 0 Å². The molecule has 0 unspecified atom stereocenters. The number of thiazole rings is 1. The maximum atomic E-state index is 13.9. The monoisotopic (exact) mass is 365 g/mol. The van der Waals surface area contributed by atoms with E-state index in [1.165, 1.54) is 12.1 Å². The van der Waals surface area contributed by atoms with Crippen LogP contribution in [0.1, 0.15) is 9.88 Å². The average molecular weight is 365 g/mol. The third kappa shape index (κ3) is 4.25. The summed E-state index contributed by atoms with van der Waals surface area (Å²) in [6.07, 6.45) is 1.87. The van der Waals surface area contributed by atoms with E-state index in [4.69, 9.17) is 0 Å². The van der Waals surface area contributed by atoms with E-state index in [1.807, 2.05) is 18.0 Å². The van der Waals surface area contributed by atoms with Crippen LogP contribution >= 0.6 is 11.3 Å². The zero-order chi connectivity index (χ0) is 17.8. The Balaban J connectivity index is 1.57. The fourth-order valence-electron chi connectivity index (χ4n) is 2.87. The van der Waals surface area contributed by atoms with E-state index < -0.39 is 11.6 Å². The highest BCUT2D eigenvalue weighted by molar-refractivity contribution is 7.11. The van der Waals surface area contributed by atoms with Gasteiger partial charge in [-0.3, -0.25) is 4.99 Å². The first-order chi connectivity index (χ1) is 12.1. The summed E-state index contributed by atoms with van der Waals surface area (Å²) in [6.45, 7) is 5.26. The molecule has 1 saturated heterocycles. The molecule has 1 aromatic carbocycles. The quantitative estimate of drug-likeness (QED) is 0.671. The molecule has 0 aliphatic carbocycles. The minimum absolute atomic E-state index is 0.322. The number of aryl methyl sites for hydroxylation is 1. The first kappa shape index (κ1) is 17.6. The van der Waals surface area contributed by atoms with Crippen LogP contribution in [0.5, 0.6) is 0 Å². The van der Waals surface area contributed by atoms with Crippen LogP contribution in [0.4, 0.5) is 14.5 Å². The van der Waals surface area contributed by atoms with E-state index in [1.54, 1.807) is 18.4 Å². The smallest absolute Gasteiger partial charge is 0.194 e. The fourth-order valence-corrected chi connectivity index (χ4v) is 3.61. The van der Waals surface area contributed by atoms with Crippen molar-refractivity contribution in [2.24, 2.45) is 4.99 Å². The molecule has 25 heavy (non-hydrogen) atoms. The molecule has 5 nitrogen and oxygen atoms in total. The van der Waals surface area contributed by atoms with Crippen LogP contribution in [0, 0.1) is 18.6 Å². The summed E-state index contributed by atoms with van der Waals surface area (Å²) in [5.41, 5.74) is 0.322. The van der Waals surface area contributed by atoms with Crippen molar-refractivity contribution in [2.75, 3.05) is 38.1 Å². The Hall–Kier alpha value is -2.22. The number of nitrogens with one attached hydrogen (secondary N) is 1. The van der Waals surface area contributed by atoms with Gasteiger partial charge in [-0.1, -0.05) is 0 Å². The summed E-state index contributed by atoms with van der Waals surface area (Å²) >= 11 is 1.65. The SMILES string of the molecule is CN=C(NCc1cnc(C)s1)N1CCN(c2cc(F)ccc2F)CC1.